The molecule has 1 aliphatic rings. The van der Waals surface area contributed by atoms with Crippen molar-refractivity contribution in [3.8, 4) is 0 Å². The third kappa shape index (κ3) is 3.03. The molecule has 1 heterocycles. The van der Waals surface area contributed by atoms with Crippen LogP contribution in [0.4, 0.5) is 0 Å². The summed E-state index contributed by atoms with van der Waals surface area (Å²) in [6.07, 6.45) is 4.23. The number of nitrogens with two attached hydrogens (primary N) is 1. The lowest BCUT2D eigenvalue weighted by Crippen LogP contribution is -2.30. The van der Waals surface area contributed by atoms with Gasteiger partial charge in [-0.2, -0.15) is 0 Å². The molecule has 0 bridgehead atoms. The highest BCUT2D eigenvalue weighted by molar-refractivity contribution is 5.91. The monoisotopic (exact) mass is 197 g/mol. The SMILES string of the molecule is CN(C)C/C=C(/C(N)=O)N1CCCC1. The molecule has 0 aliphatic carbocycles. The zero-order chi connectivity index (χ0) is 10.6. The summed E-state index contributed by atoms with van der Waals surface area (Å²) in [5.74, 6) is -0.311. The van der Waals surface area contributed by atoms with E-state index in [4.69, 9.17) is 5.73 Å². The molecule has 1 fully saturated rings. The van der Waals surface area contributed by atoms with E-state index in [2.05, 4.69) is 4.90 Å². The van der Waals surface area contributed by atoms with Gasteiger partial charge in [-0.05, 0) is 33.0 Å². The van der Waals surface area contributed by atoms with E-state index in [9.17, 15) is 4.79 Å². The summed E-state index contributed by atoms with van der Waals surface area (Å²) in [5.41, 5.74) is 6.01. The topological polar surface area (TPSA) is 49.6 Å². The summed E-state index contributed by atoms with van der Waals surface area (Å²) in [4.78, 5) is 15.3. The van der Waals surface area contributed by atoms with Gasteiger partial charge in [-0.15, -0.1) is 0 Å². The maximum atomic E-state index is 11.2. The van der Waals surface area contributed by atoms with Crippen LogP contribution >= 0.6 is 0 Å². The van der Waals surface area contributed by atoms with E-state index in [1.165, 1.54) is 0 Å². The lowest BCUT2D eigenvalue weighted by atomic mass is 10.3. The van der Waals surface area contributed by atoms with Crippen molar-refractivity contribution in [1.29, 1.82) is 0 Å². The van der Waals surface area contributed by atoms with Crippen LogP contribution in [0.5, 0.6) is 0 Å². The summed E-state index contributed by atoms with van der Waals surface area (Å²) < 4.78 is 0. The molecule has 4 nitrogen and oxygen atoms in total. The first-order valence-electron chi connectivity index (χ1n) is 5.01. The Bertz CT molecular complexity index is 230. The first-order chi connectivity index (χ1) is 6.61. The van der Waals surface area contributed by atoms with Crippen LogP contribution in [-0.4, -0.2) is 49.4 Å². The van der Waals surface area contributed by atoms with Gasteiger partial charge in [0.15, 0.2) is 0 Å². The fraction of sp³-hybridized carbons (Fsp3) is 0.700. The van der Waals surface area contributed by atoms with Crippen molar-refractivity contribution < 1.29 is 4.79 Å². The Morgan fingerprint density at radius 3 is 2.43 bits per heavy atom. The Labute approximate surface area is 85.3 Å². The summed E-state index contributed by atoms with van der Waals surface area (Å²) >= 11 is 0. The summed E-state index contributed by atoms with van der Waals surface area (Å²) in [6, 6.07) is 0. The zero-order valence-corrected chi connectivity index (χ0v) is 8.99. The molecule has 0 aromatic carbocycles. The van der Waals surface area contributed by atoms with E-state index in [1.807, 2.05) is 25.1 Å². The second-order valence-electron chi connectivity index (χ2n) is 3.91. The Hall–Kier alpha value is -1.03. The molecule has 0 atom stereocenters. The van der Waals surface area contributed by atoms with Crippen LogP contribution < -0.4 is 5.73 Å². The number of nitrogens with zero attached hydrogens (tertiary/aromatic N) is 2. The first-order valence-corrected chi connectivity index (χ1v) is 5.01. The Balaban J connectivity index is 2.62. The highest BCUT2D eigenvalue weighted by Crippen LogP contribution is 2.14. The minimum absolute atomic E-state index is 0.311. The number of hydrogen-bond donors (Lipinski definition) is 1. The Morgan fingerprint density at radius 2 is 2.00 bits per heavy atom. The maximum Gasteiger partial charge on any atom is 0.264 e. The van der Waals surface area contributed by atoms with Crippen molar-refractivity contribution in [3.63, 3.8) is 0 Å². The molecule has 14 heavy (non-hydrogen) atoms. The van der Waals surface area contributed by atoms with Gasteiger partial charge in [-0.1, -0.05) is 0 Å². The molecular formula is C10H19N3O. The third-order valence-electron chi connectivity index (χ3n) is 2.35. The van der Waals surface area contributed by atoms with Gasteiger partial charge in [0.05, 0.1) is 5.70 Å². The number of rotatable bonds is 4. The largest absolute Gasteiger partial charge is 0.367 e. The highest BCUT2D eigenvalue weighted by Gasteiger charge is 2.18. The van der Waals surface area contributed by atoms with Crippen LogP contribution in [-0.2, 0) is 4.79 Å². The van der Waals surface area contributed by atoms with Crippen molar-refractivity contribution in [2.45, 2.75) is 12.8 Å². The van der Waals surface area contributed by atoms with Crippen molar-refractivity contribution >= 4 is 5.91 Å². The van der Waals surface area contributed by atoms with E-state index < -0.39 is 0 Å². The molecule has 1 rings (SSSR count). The van der Waals surface area contributed by atoms with E-state index >= 15 is 0 Å². The summed E-state index contributed by atoms with van der Waals surface area (Å²) in [6.45, 7) is 2.68. The smallest absolute Gasteiger partial charge is 0.264 e. The number of carbonyl (C=O) groups is 1. The summed E-state index contributed by atoms with van der Waals surface area (Å²) in [5, 5.41) is 0. The molecule has 1 aliphatic heterocycles. The lowest BCUT2D eigenvalue weighted by molar-refractivity contribution is -0.116. The van der Waals surface area contributed by atoms with Crippen LogP contribution in [0, 0.1) is 0 Å². The van der Waals surface area contributed by atoms with Crippen LogP contribution in [0.2, 0.25) is 0 Å². The quantitative estimate of drug-likeness (QED) is 0.646. The van der Waals surface area contributed by atoms with Crippen molar-refractivity contribution in [3.05, 3.63) is 11.8 Å². The molecule has 80 valence electrons. The van der Waals surface area contributed by atoms with E-state index in [0.717, 1.165) is 32.5 Å². The molecule has 1 saturated heterocycles. The van der Waals surface area contributed by atoms with Crippen molar-refractivity contribution in [2.75, 3.05) is 33.7 Å². The molecule has 0 unspecified atom stereocenters. The number of primary amides is 1. The predicted octanol–water partition coefficient (Wildman–Crippen LogP) is 0.0130. The standard InChI is InChI=1S/C10H19N3O/c1-12(2)8-5-9(10(11)14)13-6-3-4-7-13/h5H,3-4,6-8H2,1-2H3,(H2,11,14)/b9-5-. The summed E-state index contributed by atoms with van der Waals surface area (Å²) in [7, 11) is 3.94. The van der Waals surface area contributed by atoms with Crippen LogP contribution in [0.25, 0.3) is 0 Å². The van der Waals surface area contributed by atoms with Gasteiger partial charge in [0.25, 0.3) is 5.91 Å². The zero-order valence-electron chi connectivity index (χ0n) is 8.99. The van der Waals surface area contributed by atoms with Gasteiger partial charge in [-0.25, -0.2) is 0 Å². The third-order valence-corrected chi connectivity index (χ3v) is 2.35. The normalized spacial score (nSPS) is 17.9. The Morgan fingerprint density at radius 1 is 1.43 bits per heavy atom. The van der Waals surface area contributed by atoms with Crippen LogP contribution in [0.1, 0.15) is 12.8 Å². The van der Waals surface area contributed by atoms with E-state index in [0.29, 0.717) is 5.70 Å². The van der Waals surface area contributed by atoms with Gasteiger partial charge in [0, 0.05) is 19.6 Å². The lowest BCUT2D eigenvalue weighted by Gasteiger charge is -2.19. The van der Waals surface area contributed by atoms with Crippen LogP contribution in [0.3, 0.4) is 0 Å². The average Bonchev–Trinajstić information content (AvgIpc) is 2.56. The molecule has 0 saturated carbocycles. The number of carbonyl (C=O) groups excluding carboxylic acids is 1. The fourth-order valence-corrected chi connectivity index (χ4v) is 1.61. The molecule has 2 N–H and O–H groups in total. The molecule has 0 aromatic rings. The fourth-order valence-electron chi connectivity index (χ4n) is 1.61. The highest BCUT2D eigenvalue weighted by atomic mass is 16.1. The van der Waals surface area contributed by atoms with E-state index in [1.54, 1.807) is 0 Å². The van der Waals surface area contributed by atoms with Crippen LogP contribution in [0.15, 0.2) is 11.8 Å². The minimum Gasteiger partial charge on any atom is -0.367 e. The van der Waals surface area contributed by atoms with Crippen molar-refractivity contribution in [1.82, 2.24) is 9.80 Å². The average molecular weight is 197 g/mol. The predicted molar refractivity (Wildman–Crippen MR) is 56.6 cm³/mol. The molecule has 0 spiro atoms. The number of likely N-dealkylation sites (N-methyl/N-ethyl adjacent to an activating group) is 1. The van der Waals surface area contributed by atoms with Gasteiger partial charge in [0.1, 0.15) is 0 Å². The Kier molecular flexibility index (Phi) is 3.95. The molecule has 1 amide bonds. The van der Waals surface area contributed by atoms with Gasteiger partial charge >= 0.3 is 0 Å². The molecule has 0 radical (unpaired) electrons. The van der Waals surface area contributed by atoms with E-state index in [-0.39, 0.29) is 5.91 Å². The molecule has 0 aromatic heterocycles. The van der Waals surface area contributed by atoms with Gasteiger partial charge in [0.2, 0.25) is 0 Å². The second kappa shape index (κ2) is 5.00. The second-order valence-corrected chi connectivity index (χ2v) is 3.91. The first kappa shape index (κ1) is 11.0. The maximum absolute atomic E-state index is 11.2. The number of hydrogen-bond acceptors (Lipinski definition) is 3. The number of amides is 1. The van der Waals surface area contributed by atoms with Gasteiger partial charge in [-0.3, -0.25) is 4.79 Å². The number of likely N-dealkylation sites (tertiary alicyclic amines) is 1. The van der Waals surface area contributed by atoms with Crippen molar-refractivity contribution in [2.24, 2.45) is 5.73 Å². The minimum atomic E-state index is -0.311. The molecular weight excluding hydrogens is 178 g/mol. The van der Waals surface area contributed by atoms with Gasteiger partial charge < -0.3 is 15.5 Å². The molecule has 4 heteroatoms.